The minimum Gasteiger partial charge on any atom is -0.357 e. The van der Waals surface area contributed by atoms with Crippen LogP contribution in [0.3, 0.4) is 0 Å². The van der Waals surface area contributed by atoms with Crippen molar-refractivity contribution in [2.24, 2.45) is 0 Å². The van der Waals surface area contributed by atoms with E-state index >= 15 is 0 Å². The fourth-order valence-corrected chi connectivity index (χ4v) is 4.56. The number of H-pyrrole nitrogens is 1. The van der Waals surface area contributed by atoms with Crippen LogP contribution in [0.2, 0.25) is 0 Å². The maximum Gasteiger partial charge on any atom is 0.434 e. The summed E-state index contributed by atoms with van der Waals surface area (Å²) in [6.07, 6.45) is -3.14. The van der Waals surface area contributed by atoms with Crippen LogP contribution < -0.4 is 0 Å². The Kier molecular flexibility index (Phi) is 3.95. The molecule has 0 radical (unpaired) electrons. The van der Waals surface area contributed by atoms with Gasteiger partial charge in [0.15, 0.2) is 5.69 Å². The number of thiophene rings is 1. The summed E-state index contributed by atoms with van der Waals surface area (Å²) in [5.74, 6) is 0. The zero-order chi connectivity index (χ0) is 15.2. The molecule has 3 rings (SSSR count). The number of aryl methyl sites for hydroxylation is 1. The Hall–Kier alpha value is -0.740. The number of fused-ring (bicyclic) bond motifs is 1. The molecule has 0 aliphatic rings. The Labute approximate surface area is 138 Å². The van der Waals surface area contributed by atoms with Crippen LogP contribution in [0.4, 0.5) is 13.2 Å². The van der Waals surface area contributed by atoms with Gasteiger partial charge in [-0.2, -0.15) is 13.2 Å². The molecule has 21 heavy (non-hydrogen) atoms. The number of pyridine rings is 1. The van der Waals surface area contributed by atoms with Crippen LogP contribution in [0.5, 0.6) is 0 Å². The zero-order valence-electron chi connectivity index (χ0n) is 10.6. The van der Waals surface area contributed by atoms with E-state index in [0.29, 0.717) is 5.56 Å². The lowest BCUT2D eigenvalue weighted by molar-refractivity contribution is -0.143. The molecule has 0 bridgehead atoms. The van der Waals surface area contributed by atoms with Crippen molar-refractivity contribution < 1.29 is 13.2 Å². The minimum atomic E-state index is -4.43. The molecule has 0 aliphatic heterocycles. The molecule has 0 fully saturated rings. The van der Waals surface area contributed by atoms with Gasteiger partial charge in [0.05, 0.1) is 10.2 Å². The lowest BCUT2D eigenvalue weighted by Gasteiger charge is -2.10. The molecule has 8 heteroatoms. The number of nitrogens with one attached hydrogen (secondary N) is 1. The van der Waals surface area contributed by atoms with Crippen LogP contribution in [-0.2, 0) is 6.18 Å². The molecule has 110 valence electrons. The van der Waals surface area contributed by atoms with Gasteiger partial charge in [0, 0.05) is 54.5 Å². The summed E-state index contributed by atoms with van der Waals surface area (Å²) in [5.41, 5.74) is 2.72. The van der Waals surface area contributed by atoms with Crippen molar-refractivity contribution in [3.63, 3.8) is 0 Å². The van der Waals surface area contributed by atoms with Crippen LogP contribution in [0.25, 0.3) is 21.3 Å². The number of aromatic nitrogens is 2. The van der Waals surface area contributed by atoms with E-state index in [1.807, 2.05) is 39.6 Å². The zero-order valence-corrected chi connectivity index (χ0v) is 14.4. The monoisotopic (exact) mass is 440 g/mol. The summed E-state index contributed by atoms with van der Waals surface area (Å²) < 4.78 is 39.7. The molecule has 3 aromatic heterocycles. The summed E-state index contributed by atoms with van der Waals surface area (Å²) in [6, 6.07) is 3.57. The molecule has 0 saturated carbocycles. The Morgan fingerprint density at radius 3 is 2.76 bits per heavy atom. The number of alkyl halides is 3. The first-order valence-corrected chi connectivity index (χ1v) is 10.1. The van der Waals surface area contributed by atoms with Gasteiger partial charge in [-0.1, -0.05) is 8.93 Å². The summed E-state index contributed by atoms with van der Waals surface area (Å²) in [5, 5.41) is 1.94. The molecule has 0 amide bonds. The van der Waals surface area contributed by atoms with Crippen molar-refractivity contribution >= 4 is 51.7 Å². The second kappa shape index (κ2) is 5.47. The summed E-state index contributed by atoms with van der Waals surface area (Å²) >= 11 is 3.41. The van der Waals surface area contributed by atoms with E-state index in [9.17, 15) is 13.2 Å². The van der Waals surface area contributed by atoms with E-state index in [4.69, 9.17) is 0 Å². The number of hydrogen-bond donors (Lipinski definition) is 1. The third-order valence-corrected chi connectivity index (χ3v) is 5.83. The van der Waals surface area contributed by atoms with Crippen molar-refractivity contribution in [1.29, 1.82) is 0 Å². The second-order valence-electron chi connectivity index (χ2n) is 4.49. The quantitative estimate of drug-likeness (QED) is 0.491. The molecule has 0 atom stereocenters. The van der Waals surface area contributed by atoms with Crippen molar-refractivity contribution in [1.82, 2.24) is 9.97 Å². The third kappa shape index (κ3) is 2.80. The van der Waals surface area contributed by atoms with Crippen LogP contribution in [0.15, 0.2) is 28.6 Å². The molecule has 3 aromatic rings. The Bertz CT molecular complexity index is 807. The maximum absolute atomic E-state index is 12.9. The van der Waals surface area contributed by atoms with E-state index in [-0.39, 0.29) is 4.90 Å². The predicted octanol–water partition coefficient (Wildman–Crippen LogP) is 6.06. The molecule has 0 spiro atoms. The van der Waals surface area contributed by atoms with Gasteiger partial charge in [0.2, 0.25) is 0 Å². The normalized spacial score (nSPS) is 12.2. The SMILES string of the molecule is Cc1cc2scc(-c3cnc(C(F)(F)F)c(SI)c3)c2[nH]1. The number of halogens is 4. The van der Waals surface area contributed by atoms with Gasteiger partial charge in [-0.25, -0.2) is 0 Å². The van der Waals surface area contributed by atoms with Gasteiger partial charge in [-0.15, -0.1) is 11.3 Å². The first-order chi connectivity index (χ1) is 9.90. The van der Waals surface area contributed by atoms with Crippen molar-refractivity contribution in [3.05, 3.63) is 35.1 Å². The van der Waals surface area contributed by atoms with E-state index < -0.39 is 11.9 Å². The highest BCUT2D eigenvalue weighted by Gasteiger charge is 2.35. The molecule has 1 N–H and O–H groups in total. The van der Waals surface area contributed by atoms with E-state index in [1.54, 1.807) is 17.4 Å². The average Bonchev–Trinajstić information content (AvgIpc) is 2.95. The van der Waals surface area contributed by atoms with Gasteiger partial charge in [-0.05, 0) is 19.1 Å². The highest BCUT2D eigenvalue weighted by molar-refractivity contribution is 14.2. The molecular weight excluding hydrogens is 432 g/mol. The summed E-state index contributed by atoms with van der Waals surface area (Å²) in [4.78, 5) is 7.00. The topological polar surface area (TPSA) is 28.7 Å². The Morgan fingerprint density at radius 2 is 2.10 bits per heavy atom. The summed E-state index contributed by atoms with van der Waals surface area (Å²) in [7, 11) is 1.03. The predicted molar refractivity (Wildman–Crippen MR) is 89.0 cm³/mol. The minimum absolute atomic E-state index is 0.128. The highest BCUT2D eigenvalue weighted by atomic mass is 127. The first kappa shape index (κ1) is 15.2. The lowest BCUT2D eigenvalue weighted by Crippen LogP contribution is -2.09. The second-order valence-corrected chi connectivity index (χ2v) is 7.31. The van der Waals surface area contributed by atoms with Crippen LogP contribution >= 0.6 is 41.5 Å². The van der Waals surface area contributed by atoms with Crippen LogP contribution in [0, 0.1) is 6.92 Å². The highest BCUT2D eigenvalue weighted by Crippen LogP contribution is 2.41. The van der Waals surface area contributed by atoms with Gasteiger partial charge in [0.25, 0.3) is 0 Å². The molecular formula is C13H8F3IN2S2. The standard InChI is InChI=1S/C13H8F3IN2S2/c1-6-2-9-11(19-6)8(5-20-9)7-3-10(21-17)12(18-4-7)13(14,15)16/h2-5,19H,1H3. The van der Waals surface area contributed by atoms with Gasteiger partial charge < -0.3 is 4.98 Å². The van der Waals surface area contributed by atoms with E-state index in [1.165, 1.54) is 6.20 Å². The number of nitrogens with zero attached hydrogens (tertiary/aromatic N) is 1. The van der Waals surface area contributed by atoms with Crippen molar-refractivity contribution in [2.45, 2.75) is 18.0 Å². The molecule has 0 saturated heterocycles. The average molecular weight is 440 g/mol. The molecule has 0 unspecified atom stereocenters. The maximum atomic E-state index is 12.9. The smallest absolute Gasteiger partial charge is 0.357 e. The third-order valence-electron chi connectivity index (χ3n) is 3.00. The van der Waals surface area contributed by atoms with Gasteiger partial charge in [-0.3, -0.25) is 4.98 Å². The summed E-state index contributed by atoms with van der Waals surface area (Å²) in [6.45, 7) is 1.95. The van der Waals surface area contributed by atoms with Crippen LogP contribution in [-0.4, -0.2) is 9.97 Å². The Balaban J connectivity index is 2.15. The molecule has 0 aliphatic carbocycles. The van der Waals surface area contributed by atoms with Gasteiger partial charge in [0.1, 0.15) is 0 Å². The fourth-order valence-electron chi connectivity index (χ4n) is 2.11. The number of aromatic amines is 1. The first-order valence-electron chi connectivity index (χ1n) is 5.83. The van der Waals surface area contributed by atoms with E-state index in [2.05, 4.69) is 9.97 Å². The number of rotatable bonds is 2. The van der Waals surface area contributed by atoms with Crippen molar-refractivity contribution in [3.8, 4) is 11.1 Å². The molecule has 2 nitrogen and oxygen atoms in total. The fraction of sp³-hybridized carbons (Fsp3) is 0.154. The van der Waals surface area contributed by atoms with Crippen LogP contribution in [0.1, 0.15) is 11.4 Å². The lowest BCUT2D eigenvalue weighted by atomic mass is 10.1. The van der Waals surface area contributed by atoms with Crippen molar-refractivity contribution in [2.75, 3.05) is 0 Å². The number of hydrogen-bond acceptors (Lipinski definition) is 3. The Morgan fingerprint density at radius 1 is 1.33 bits per heavy atom. The largest absolute Gasteiger partial charge is 0.434 e. The van der Waals surface area contributed by atoms with E-state index in [0.717, 1.165) is 30.4 Å². The molecule has 0 aromatic carbocycles. The van der Waals surface area contributed by atoms with Gasteiger partial charge >= 0.3 is 6.18 Å². The molecule has 3 heterocycles.